The summed E-state index contributed by atoms with van der Waals surface area (Å²) in [5.74, 6) is -12.9. The van der Waals surface area contributed by atoms with Gasteiger partial charge in [0, 0.05) is 56.5 Å². The zero-order chi connectivity index (χ0) is 75.6. The van der Waals surface area contributed by atoms with Crippen molar-refractivity contribution in [2.24, 2.45) is 23.7 Å². The molecule has 2 aliphatic rings. The van der Waals surface area contributed by atoms with Crippen LogP contribution in [0.3, 0.4) is 0 Å². The topological polar surface area (TPSA) is 389 Å². The van der Waals surface area contributed by atoms with Crippen molar-refractivity contribution in [1.82, 2.24) is 21.3 Å². The first-order valence-corrected chi connectivity index (χ1v) is 34.6. The predicted molar refractivity (Wildman–Crippen MR) is 366 cm³/mol. The van der Waals surface area contributed by atoms with Crippen LogP contribution in [0, 0.1) is 23.7 Å². The maximum atomic E-state index is 14.7. The molecular weight excluding hydrogens is 1320 g/mol. The van der Waals surface area contributed by atoms with E-state index in [1.54, 1.807) is 96.9 Å². The Balaban J connectivity index is 1.43. The molecule has 0 radical (unpaired) electrons. The number of alkyl carbamates (subject to hydrolysis) is 1. The molecule has 10 atom stereocenters. The number of ether oxygens (including phenoxy) is 10. The van der Waals surface area contributed by atoms with Crippen LogP contribution in [-0.4, -0.2) is 218 Å². The van der Waals surface area contributed by atoms with Crippen LogP contribution in [0.5, 0.6) is 0 Å². The highest BCUT2D eigenvalue weighted by Gasteiger charge is 2.48. The molecule has 2 aromatic carbocycles. The molecule has 0 spiro atoms. The summed E-state index contributed by atoms with van der Waals surface area (Å²) in [7, 11) is 0. The zero-order valence-electron chi connectivity index (χ0n) is 61.4. The summed E-state index contributed by atoms with van der Waals surface area (Å²) in [4.78, 5) is 151. The number of hydrogen-bond donors (Lipinski definition) is 7. The lowest BCUT2D eigenvalue weighted by atomic mass is 9.86. The minimum Gasteiger partial charge on any atom is -0.460 e. The molecule has 2 aromatic rings. The molecule has 28 heteroatoms. The smallest absolute Gasteiger partial charge is 0.407 e. The Morgan fingerprint density at radius 2 is 0.950 bits per heavy atom. The van der Waals surface area contributed by atoms with Crippen LogP contribution in [0.2, 0.25) is 0 Å². The Kier molecular flexibility index (Phi) is 34.5. The maximum absolute atomic E-state index is 14.7. The van der Waals surface area contributed by atoms with E-state index in [4.69, 9.17) is 47.4 Å². The zero-order valence-corrected chi connectivity index (χ0v) is 61.4. The molecule has 0 bridgehead atoms. The second-order valence-corrected chi connectivity index (χ2v) is 29.6. The average Bonchev–Trinajstić information content (AvgIpc) is 1.65. The number of esters is 4. The van der Waals surface area contributed by atoms with Gasteiger partial charge in [0.25, 0.3) is 0 Å². The summed E-state index contributed by atoms with van der Waals surface area (Å²) >= 11 is 0. The second-order valence-electron chi connectivity index (χ2n) is 29.6. The predicted octanol–water partition coefficient (Wildman–Crippen LogP) is 5.25. The van der Waals surface area contributed by atoms with Gasteiger partial charge in [-0.25, -0.2) is 4.79 Å². The number of hydrogen-bond acceptors (Lipinski definition) is 24. The highest BCUT2D eigenvalue weighted by atomic mass is 16.6. The van der Waals surface area contributed by atoms with Crippen LogP contribution in [-0.2, 0) is 95.3 Å². The first kappa shape index (κ1) is 86.1. The Morgan fingerprint density at radius 1 is 0.485 bits per heavy atom. The van der Waals surface area contributed by atoms with Crippen molar-refractivity contribution in [1.29, 1.82) is 0 Å². The molecule has 4 rings (SSSR count). The number of benzene rings is 2. The molecule has 1 aliphatic carbocycles. The van der Waals surface area contributed by atoms with Crippen molar-refractivity contribution >= 4 is 65.0 Å². The van der Waals surface area contributed by atoms with Crippen LogP contribution in [0.25, 0.3) is 11.1 Å². The summed E-state index contributed by atoms with van der Waals surface area (Å²) in [6.07, 6.45) is -14.6. The number of aliphatic hydroxyl groups excluding tert-OH is 3. The van der Waals surface area contributed by atoms with E-state index in [-0.39, 0.29) is 64.5 Å². The Morgan fingerprint density at radius 3 is 1.48 bits per heavy atom. The number of nitrogens with one attached hydrogen (secondary N) is 4. The summed E-state index contributed by atoms with van der Waals surface area (Å²) < 4.78 is 55.2. The molecule has 0 aromatic heterocycles. The molecule has 101 heavy (non-hydrogen) atoms. The average molecular weight is 1430 g/mol. The number of rotatable bonds is 41. The number of Topliss-reactive ketones (excluding diaryl/α,β-unsaturated/α-hetero) is 3. The lowest BCUT2D eigenvalue weighted by molar-refractivity contribution is -0.218. The molecule has 1 aliphatic heterocycles. The van der Waals surface area contributed by atoms with E-state index in [9.17, 15) is 68.1 Å². The Hall–Kier alpha value is -7.31. The van der Waals surface area contributed by atoms with Crippen molar-refractivity contribution in [3.63, 3.8) is 0 Å². The van der Waals surface area contributed by atoms with Gasteiger partial charge in [-0.15, -0.1) is 0 Å². The molecule has 0 saturated carbocycles. The van der Waals surface area contributed by atoms with E-state index in [0.29, 0.717) is 19.8 Å². The fourth-order valence-corrected chi connectivity index (χ4v) is 11.0. The van der Waals surface area contributed by atoms with E-state index in [1.165, 1.54) is 6.92 Å². The van der Waals surface area contributed by atoms with Gasteiger partial charge in [0.1, 0.15) is 59.5 Å². The van der Waals surface area contributed by atoms with Crippen LogP contribution >= 0.6 is 0 Å². The van der Waals surface area contributed by atoms with Crippen molar-refractivity contribution < 1.29 is 115 Å². The molecule has 4 amide bonds. The maximum Gasteiger partial charge on any atom is 0.407 e. The van der Waals surface area contributed by atoms with Gasteiger partial charge >= 0.3 is 30.0 Å². The third-order valence-corrected chi connectivity index (χ3v) is 15.8. The highest BCUT2D eigenvalue weighted by Crippen LogP contribution is 2.44. The van der Waals surface area contributed by atoms with E-state index in [0.717, 1.165) is 22.3 Å². The van der Waals surface area contributed by atoms with Crippen LogP contribution < -0.4 is 21.3 Å². The second kappa shape index (κ2) is 40.5. The third-order valence-electron chi connectivity index (χ3n) is 15.8. The molecule has 566 valence electrons. The monoisotopic (exact) mass is 1430 g/mol. The normalized spacial score (nSPS) is 18.5. The summed E-state index contributed by atoms with van der Waals surface area (Å²) in [6, 6.07) is 12.2. The van der Waals surface area contributed by atoms with Gasteiger partial charge in [-0.05, 0) is 118 Å². The first-order chi connectivity index (χ1) is 47.1. The summed E-state index contributed by atoms with van der Waals surface area (Å²) in [6.45, 7) is 25.8. The van der Waals surface area contributed by atoms with Gasteiger partial charge in [-0.2, -0.15) is 0 Å². The van der Waals surface area contributed by atoms with Crippen molar-refractivity contribution in [3.05, 3.63) is 59.7 Å². The minimum absolute atomic E-state index is 0.0674. The van der Waals surface area contributed by atoms with Crippen molar-refractivity contribution in [2.75, 3.05) is 72.6 Å². The minimum atomic E-state index is -2.09. The van der Waals surface area contributed by atoms with Crippen molar-refractivity contribution in [3.8, 4) is 11.1 Å². The van der Waals surface area contributed by atoms with E-state index in [2.05, 4.69) is 21.3 Å². The number of aliphatic hydroxyl groups is 3. The van der Waals surface area contributed by atoms with Gasteiger partial charge in [-0.3, -0.25) is 47.9 Å². The summed E-state index contributed by atoms with van der Waals surface area (Å²) in [5.41, 5.74) is 0.253. The molecule has 1 fully saturated rings. The fourth-order valence-electron chi connectivity index (χ4n) is 11.0. The quantitative estimate of drug-likeness (QED) is 0.0254. The number of carbonyl (C=O) groups excluding carboxylic acids is 11. The summed E-state index contributed by atoms with van der Waals surface area (Å²) in [5, 5.41) is 43.7. The van der Waals surface area contributed by atoms with E-state index in [1.807, 2.05) is 48.5 Å². The lowest BCUT2D eigenvalue weighted by Gasteiger charge is -2.40. The number of carbonyl (C=O) groups is 11. The lowest BCUT2D eigenvalue weighted by Crippen LogP contribution is -2.62. The molecule has 1 heterocycles. The third kappa shape index (κ3) is 31.5. The highest BCUT2D eigenvalue weighted by molar-refractivity contribution is 5.98. The Bertz CT molecular complexity index is 3040. The van der Waals surface area contributed by atoms with Gasteiger partial charge in [0.2, 0.25) is 17.7 Å². The number of ketones is 3. The van der Waals surface area contributed by atoms with E-state index < -0.39 is 199 Å². The molecule has 28 nitrogen and oxygen atoms in total. The number of amides is 4. The van der Waals surface area contributed by atoms with Crippen LogP contribution in [0.1, 0.15) is 172 Å². The fraction of sp³-hybridized carbons (Fsp3) is 0.685. The molecule has 5 unspecified atom stereocenters. The molecule has 7 N–H and O–H groups in total. The van der Waals surface area contributed by atoms with E-state index >= 15 is 0 Å². The Labute approximate surface area is 592 Å². The van der Waals surface area contributed by atoms with Gasteiger partial charge in [0.05, 0.1) is 90.1 Å². The molecular formula is C73H110N4O24. The first-order valence-electron chi connectivity index (χ1n) is 34.6. The largest absolute Gasteiger partial charge is 0.460 e. The van der Waals surface area contributed by atoms with Gasteiger partial charge < -0.3 is 84.0 Å². The van der Waals surface area contributed by atoms with Crippen molar-refractivity contribution in [2.45, 2.75) is 226 Å². The van der Waals surface area contributed by atoms with Crippen LogP contribution in [0.15, 0.2) is 48.5 Å². The standard InChI is InChI=1S/C73H110N4O24/c1-43(2)50(68(90)77-53(40-61(84)101-73(13,14)15)54(78)36-44(3)66(88)74-27-29-93-31-33-95-35-34-94-32-30-92-28-26-59(82)99-71(7,8)9)39-55(79)52(24-25-58(81)98-70(4,5)6)76-67(89)45(38-60(83)100-72(10,11)12)37-56(80)65-64(87)63(86)62(85)57(97-65)41-75-69(91)96-42-51-48-22-18-16-20-46(48)47-21-17-19-23-49(47)51/h16-23,43-45,50-53,57,62-65,85-87H,24-42H2,1-15H3,(H,74,88)(H,75,91)(H,76,89)(H,77,90)/t44-,45+,50+,52+,53+,57?,62?,63?,64?,65?/m1/s1. The molecule has 1 saturated heterocycles. The SMILES string of the molecule is CC(C)[C@H](CC(=O)[C@H](CCC(=O)OC(C)(C)C)NC(=O)[C@H](CC(=O)OC(C)(C)C)CC(=O)C1OC(CNC(=O)OCC2c3ccccc3-c3ccccc32)C(O)C(O)C1O)C(=O)N[C@@H](CC(=O)OC(C)(C)C)C(=O)C[C@@H](C)C(=O)NCCOCCOCCOCCOCCC(=O)OC(C)(C)C. The number of fused-ring (bicyclic) bond motifs is 3. The van der Waals surface area contributed by atoms with Gasteiger partial charge in [-0.1, -0.05) is 69.3 Å². The van der Waals surface area contributed by atoms with Crippen LogP contribution in [0.4, 0.5) is 4.79 Å². The van der Waals surface area contributed by atoms with Gasteiger partial charge in [0.15, 0.2) is 17.3 Å².